The molecule has 2 heterocycles. The van der Waals surface area contributed by atoms with Crippen molar-refractivity contribution < 1.29 is 14.3 Å². The Hall–Kier alpha value is -2.01. The van der Waals surface area contributed by atoms with Crippen LogP contribution in [0.5, 0.6) is 0 Å². The summed E-state index contributed by atoms with van der Waals surface area (Å²) in [5, 5.41) is 9.96. The van der Waals surface area contributed by atoms with Crippen molar-refractivity contribution in [1.29, 1.82) is 0 Å². The van der Waals surface area contributed by atoms with Crippen molar-refractivity contribution >= 4 is 16.9 Å². The Morgan fingerprint density at radius 1 is 1.47 bits per heavy atom. The molecule has 4 nitrogen and oxygen atoms in total. The Labute approximate surface area is 109 Å². The van der Waals surface area contributed by atoms with Gasteiger partial charge in [0.05, 0.1) is 11.1 Å². The molecule has 5 heteroatoms. The van der Waals surface area contributed by atoms with Crippen LogP contribution in [0.2, 0.25) is 0 Å². The van der Waals surface area contributed by atoms with Gasteiger partial charge in [-0.05, 0) is 19.2 Å². The monoisotopic (exact) mass is 260 g/mol. The van der Waals surface area contributed by atoms with E-state index >= 15 is 0 Å². The number of halogens is 1. The summed E-state index contributed by atoms with van der Waals surface area (Å²) in [6.07, 6.45) is 0.693. The average molecular weight is 260 g/mol. The lowest BCUT2D eigenvalue weighted by Gasteiger charge is -2.26. The van der Waals surface area contributed by atoms with Gasteiger partial charge in [0.1, 0.15) is 5.82 Å². The average Bonchev–Trinajstić information content (AvgIpc) is 2.35. The van der Waals surface area contributed by atoms with E-state index in [0.29, 0.717) is 23.9 Å². The maximum Gasteiger partial charge on any atom is 0.336 e. The smallest absolute Gasteiger partial charge is 0.336 e. The molecular formula is C14H13FN2O2. The Kier molecular flexibility index (Phi) is 2.71. The molecule has 1 aromatic heterocycles. The summed E-state index contributed by atoms with van der Waals surface area (Å²) < 4.78 is 13.3. The first kappa shape index (κ1) is 12.0. The van der Waals surface area contributed by atoms with Gasteiger partial charge in [-0.15, -0.1) is 0 Å². The van der Waals surface area contributed by atoms with Gasteiger partial charge in [0.2, 0.25) is 0 Å². The zero-order valence-corrected chi connectivity index (χ0v) is 10.5. The lowest BCUT2D eigenvalue weighted by molar-refractivity contribution is 0.0696. The number of carboxylic acids is 1. The van der Waals surface area contributed by atoms with E-state index in [9.17, 15) is 14.3 Å². The van der Waals surface area contributed by atoms with Crippen molar-refractivity contribution in [2.24, 2.45) is 0 Å². The second-order valence-electron chi connectivity index (χ2n) is 4.87. The number of fused-ring (bicyclic) bond motifs is 2. The summed E-state index contributed by atoms with van der Waals surface area (Å²) in [7, 11) is 1.95. The molecular weight excluding hydrogens is 247 g/mol. The number of carbonyl (C=O) groups is 1. The predicted octanol–water partition coefficient (Wildman–Crippen LogP) is 2.06. The molecule has 0 atom stereocenters. The van der Waals surface area contributed by atoms with Gasteiger partial charge in [0, 0.05) is 42.2 Å². The molecule has 2 aromatic rings. The van der Waals surface area contributed by atoms with Crippen LogP contribution in [0, 0.1) is 5.82 Å². The highest BCUT2D eigenvalue weighted by atomic mass is 19.1. The van der Waals surface area contributed by atoms with E-state index < -0.39 is 11.8 Å². The summed E-state index contributed by atoms with van der Waals surface area (Å²) in [5.74, 6) is -1.38. The Bertz CT molecular complexity index is 685. The summed E-state index contributed by atoms with van der Waals surface area (Å²) in [4.78, 5) is 18.0. The minimum Gasteiger partial charge on any atom is -0.478 e. The van der Waals surface area contributed by atoms with E-state index in [2.05, 4.69) is 9.88 Å². The van der Waals surface area contributed by atoms with Crippen molar-refractivity contribution in [3.05, 3.63) is 40.8 Å². The van der Waals surface area contributed by atoms with Gasteiger partial charge in [-0.3, -0.25) is 4.98 Å². The molecule has 0 radical (unpaired) electrons. The lowest BCUT2D eigenvalue weighted by Crippen LogP contribution is -2.29. The first-order chi connectivity index (χ1) is 9.06. The number of rotatable bonds is 1. The van der Waals surface area contributed by atoms with Crippen LogP contribution in [0.25, 0.3) is 10.9 Å². The van der Waals surface area contributed by atoms with Crippen molar-refractivity contribution in [1.82, 2.24) is 9.88 Å². The van der Waals surface area contributed by atoms with Gasteiger partial charge in [0.25, 0.3) is 0 Å². The largest absolute Gasteiger partial charge is 0.478 e. The quantitative estimate of drug-likeness (QED) is 0.852. The standard InChI is InChI=1S/C14H13FN2O2/c1-17-5-4-11-10(7-17)13(14(18)19)9-3-2-8(15)6-12(9)16-11/h2-3,6H,4-5,7H2,1H3,(H,18,19). The number of likely N-dealkylation sites (N-methyl/N-ethyl adjacent to an activating group) is 1. The van der Waals surface area contributed by atoms with Crippen LogP contribution in [0.4, 0.5) is 4.39 Å². The van der Waals surface area contributed by atoms with Gasteiger partial charge >= 0.3 is 5.97 Å². The third-order valence-corrected chi connectivity index (χ3v) is 3.51. The predicted molar refractivity (Wildman–Crippen MR) is 68.7 cm³/mol. The highest BCUT2D eigenvalue weighted by molar-refractivity contribution is 6.04. The van der Waals surface area contributed by atoms with Crippen molar-refractivity contribution in [2.75, 3.05) is 13.6 Å². The summed E-state index contributed by atoms with van der Waals surface area (Å²) >= 11 is 0. The van der Waals surface area contributed by atoms with E-state index in [1.165, 1.54) is 18.2 Å². The van der Waals surface area contributed by atoms with E-state index in [1.807, 2.05) is 7.05 Å². The van der Waals surface area contributed by atoms with Gasteiger partial charge in [-0.1, -0.05) is 0 Å². The molecule has 3 rings (SSSR count). The summed E-state index contributed by atoms with van der Waals surface area (Å²) in [6.45, 7) is 1.40. The minimum absolute atomic E-state index is 0.256. The fourth-order valence-electron chi connectivity index (χ4n) is 2.60. The van der Waals surface area contributed by atoms with Crippen molar-refractivity contribution in [2.45, 2.75) is 13.0 Å². The third kappa shape index (κ3) is 1.96. The Morgan fingerprint density at radius 3 is 3.00 bits per heavy atom. The van der Waals surface area contributed by atoms with E-state index in [0.717, 1.165) is 17.8 Å². The van der Waals surface area contributed by atoms with Gasteiger partial charge < -0.3 is 10.0 Å². The van der Waals surface area contributed by atoms with Gasteiger partial charge in [0.15, 0.2) is 0 Å². The first-order valence-electron chi connectivity index (χ1n) is 6.09. The molecule has 1 N–H and O–H groups in total. The number of benzene rings is 1. The van der Waals surface area contributed by atoms with Crippen LogP contribution >= 0.6 is 0 Å². The van der Waals surface area contributed by atoms with Crippen molar-refractivity contribution in [3.63, 3.8) is 0 Å². The van der Waals surface area contributed by atoms with Crippen LogP contribution < -0.4 is 0 Å². The number of aromatic nitrogens is 1. The molecule has 1 aromatic carbocycles. The van der Waals surface area contributed by atoms with E-state index in [-0.39, 0.29) is 5.56 Å². The van der Waals surface area contributed by atoms with Crippen LogP contribution in [0.3, 0.4) is 0 Å². The highest BCUT2D eigenvalue weighted by Gasteiger charge is 2.24. The Balaban J connectivity index is 2.36. The molecule has 0 bridgehead atoms. The van der Waals surface area contributed by atoms with E-state index in [4.69, 9.17) is 0 Å². The molecule has 0 saturated carbocycles. The zero-order valence-electron chi connectivity index (χ0n) is 10.5. The molecule has 0 unspecified atom stereocenters. The van der Waals surface area contributed by atoms with Crippen LogP contribution in [0.15, 0.2) is 18.2 Å². The molecule has 19 heavy (non-hydrogen) atoms. The minimum atomic E-state index is -0.981. The highest BCUT2D eigenvalue weighted by Crippen LogP contribution is 2.28. The lowest BCUT2D eigenvalue weighted by atomic mass is 9.96. The maximum atomic E-state index is 13.3. The summed E-state index contributed by atoms with van der Waals surface area (Å²) in [6, 6.07) is 4.06. The first-order valence-corrected chi connectivity index (χ1v) is 6.09. The Morgan fingerprint density at radius 2 is 2.26 bits per heavy atom. The fourth-order valence-corrected chi connectivity index (χ4v) is 2.60. The molecule has 0 saturated heterocycles. The number of nitrogens with zero attached hydrogens (tertiary/aromatic N) is 2. The second kappa shape index (κ2) is 4.28. The number of aromatic carboxylic acids is 1. The maximum absolute atomic E-state index is 13.3. The fraction of sp³-hybridized carbons (Fsp3) is 0.286. The number of hydrogen-bond donors (Lipinski definition) is 1. The summed E-state index contributed by atoms with van der Waals surface area (Å²) in [5.41, 5.74) is 2.20. The van der Waals surface area contributed by atoms with Crippen molar-refractivity contribution in [3.8, 4) is 0 Å². The molecule has 98 valence electrons. The van der Waals surface area contributed by atoms with Gasteiger partial charge in [-0.25, -0.2) is 9.18 Å². The molecule has 1 aliphatic heterocycles. The normalized spacial score (nSPS) is 15.5. The molecule has 0 fully saturated rings. The molecule has 0 aliphatic carbocycles. The SMILES string of the molecule is CN1CCc2nc3cc(F)ccc3c(C(=O)O)c2C1. The van der Waals surface area contributed by atoms with E-state index in [1.54, 1.807) is 0 Å². The van der Waals surface area contributed by atoms with Crippen LogP contribution in [0.1, 0.15) is 21.6 Å². The number of hydrogen-bond acceptors (Lipinski definition) is 3. The topological polar surface area (TPSA) is 53.4 Å². The van der Waals surface area contributed by atoms with Crippen LogP contribution in [-0.4, -0.2) is 34.6 Å². The molecule has 1 aliphatic rings. The van der Waals surface area contributed by atoms with Crippen LogP contribution in [-0.2, 0) is 13.0 Å². The number of pyridine rings is 1. The molecule has 0 amide bonds. The third-order valence-electron chi connectivity index (χ3n) is 3.51. The zero-order chi connectivity index (χ0) is 13.6. The molecule has 0 spiro atoms. The van der Waals surface area contributed by atoms with Gasteiger partial charge in [-0.2, -0.15) is 0 Å². The number of carboxylic acid groups (broad SMARTS) is 1. The second-order valence-corrected chi connectivity index (χ2v) is 4.87.